The Morgan fingerprint density at radius 2 is 2.11 bits per heavy atom. The maximum Gasteiger partial charge on any atom is 0.131 e. The van der Waals surface area contributed by atoms with E-state index in [1.165, 1.54) is 0 Å². The van der Waals surface area contributed by atoms with Gasteiger partial charge in [-0.25, -0.2) is 4.98 Å². The number of ether oxygens (including phenoxy) is 1. The molecule has 1 aromatic rings. The van der Waals surface area contributed by atoms with E-state index in [-0.39, 0.29) is 6.61 Å². The highest BCUT2D eigenvalue weighted by molar-refractivity contribution is 5.47. The molecule has 0 aromatic carbocycles. The average molecular weight is 266 g/mol. The normalized spacial score (nSPS) is 18.3. The molecule has 1 aliphatic heterocycles. The summed E-state index contributed by atoms with van der Waals surface area (Å²) in [5.74, 6) is 0.845. The number of aliphatic hydroxyl groups excluding tert-OH is 1. The first-order valence-electron chi connectivity index (χ1n) is 6.62. The lowest BCUT2D eigenvalue weighted by Crippen LogP contribution is -2.46. The van der Waals surface area contributed by atoms with Crippen molar-refractivity contribution in [1.29, 1.82) is 0 Å². The Bertz CT molecular complexity index is 431. The van der Waals surface area contributed by atoms with E-state index in [2.05, 4.69) is 4.98 Å². The summed E-state index contributed by atoms with van der Waals surface area (Å²) in [6.07, 6.45) is 2.99. The van der Waals surface area contributed by atoms with Crippen LogP contribution in [0.3, 0.4) is 0 Å². The van der Waals surface area contributed by atoms with Crippen LogP contribution in [0.5, 0.6) is 0 Å². The van der Waals surface area contributed by atoms with Gasteiger partial charge >= 0.3 is 0 Å². The topological polar surface area (TPSA) is 65.8 Å². The third-order valence-electron chi connectivity index (χ3n) is 3.61. The molecule has 0 spiro atoms. The second-order valence-electron chi connectivity index (χ2n) is 5.33. The van der Waals surface area contributed by atoms with E-state index < -0.39 is 5.60 Å². The maximum atomic E-state index is 10.5. The maximum absolute atomic E-state index is 10.5. The number of pyridine rings is 1. The second kappa shape index (κ2) is 5.86. The number of likely N-dealkylation sites (N-methyl/N-ethyl adjacent to an activating group) is 1. The highest BCUT2D eigenvalue weighted by atomic mass is 16.5. The van der Waals surface area contributed by atoms with Crippen LogP contribution in [0.1, 0.15) is 24.0 Å². The fourth-order valence-electron chi connectivity index (χ4n) is 2.54. The van der Waals surface area contributed by atoms with Gasteiger partial charge < -0.3 is 19.8 Å². The summed E-state index contributed by atoms with van der Waals surface area (Å²) in [4.78, 5) is 6.34. The molecule has 2 N–H and O–H groups in total. The van der Waals surface area contributed by atoms with Gasteiger partial charge in [0.25, 0.3) is 0 Å². The van der Waals surface area contributed by atoms with Crippen molar-refractivity contribution in [3.05, 3.63) is 23.4 Å². The Morgan fingerprint density at radius 1 is 1.42 bits per heavy atom. The van der Waals surface area contributed by atoms with E-state index in [4.69, 9.17) is 9.84 Å². The largest absolute Gasteiger partial charge is 0.392 e. The molecule has 0 amide bonds. The van der Waals surface area contributed by atoms with Crippen LogP contribution in [0.2, 0.25) is 0 Å². The van der Waals surface area contributed by atoms with Crippen LogP contribution in [0.4, 0.5) is 5.82 Å². The van der Waals surface area contributed by atoms with Crippen molar-refractivity contribution >= 4 is 5.82 Å². The lowest BCUT2D eigenvalue weighted by Gasteiger charge is -2.36. The minimum atomic E-state index is -0.698. The summed E-state index contributed by atoms with van der Waals surface area (Å²) in [5.41, 5.74) is 1.11. The number of aliphatic hydroxyl groups is 2. The van der Waals surface area contributed by atoms with Gasteiger partial charge in [-0.2, -0.15) is 0 Å². The summed E-state index contributed by atoms with van der Waals surface area (Å²) >= 11 is 0. The highest BCUT2D eigenvalue weighted by Gasteiger charge is 2.31. The summed E-state index contributed by atoms with van der Waals surface area (Å²) < 4.78 is 5.28. The number of aryl methyl sites for hydroxylation is 1. The Hall–Kier alpha value is -1.17. The van der Waals surface area contributed by atoms with Crippen molar-refractivity contribution in [2.75, 3.05) is 31.7 Å². The van der Waals surface area contributed by atoms with Gasteiger partial charge in [-0.05, 0) is 24.1 Å². The molecule has 5 heteroatoms. The number of hydrogen-bond acceptors (Lipinski definition) is 5. The predicted molar refractivity (Wildman–Crippen MR) is 73.2 cm³/mol. The zero-order valence-corrected chi connectivity index (χ0v) is 11.6. The Balaban J connectivity index is 2.08. The first-order chi connectivity index (χ1) is 9.04. The van der Waals surface area contributed by atoms with Crippen LogP contribution >= 0.6 is 0 Å². The first-order valence-corrected chi connectivity index (χ1v) is 6.62. The summed E-state index contributed by atoms with van der Waals surface area (Å²) in [6.45, 7) is 3.73. The lowest BCUT2D eigenvalue weighted by atomic mass is 9.94. The third-order valence-corrected chi connectivity index (χ3v) is 3.61. The standard InChI is InChI=1S/C14H22N2O3/c1-11-7-12(9-17)8-15-13(11)16(2)10-14(18)3-5-19-6-4-14/h7-8,17-18H,3-6,9-10H2,1-2H3. The van der Waals surface area contributed by atoms with Crippen molar-refractivity contribution in [2.45, 2.75) is 32.0 Å². The molecule has 1 aromatic heterocycles. The van der Waals surface area contributed by atoms with Crippen LogP contribution in [-0.2, 0) is 11.3 Å². The third kappa shape index (κ3) is 3.43. The molecule has 2 rings (SSSR count). The number of anilines is 1. The monoisotopic (exact) mass is 266 g/mol. The molecule has 0 bridgehead atoms. The molecule has 2 heterocycles. The van der Waals surface area contributed by atoms with Gasteiger partial charge in [0.05, 0.1) is 12.2 Å². The van der Waals surface area contributed by atoms with E-state index in [0.29, 0.717) is 32.6 Å². The molecule has 19 heavy (non-hydrogen) atoms. The van der Waals surface area contributed by atoms with Crippen LogP contribution in [0, 0.1) is 6.92 Å². The molecule has 0 radical (unpaired) electrons. The van der Waals surface area contributed by atoms with Gasteiger partial charge in [0.1, 0.15) is 5.82 Å². The van der Waals surface area contributed by atoms with Gasteiger partial charge in [0.2, 0.25) is 0 Å². The number of hydrogen-bond donors (Lipinski definition) is 2. The highest BCUT2D eigenvalue weighted by Crippen LogP contribution is 2.24. The number of aromatic nitrogens is 1. The smallest absolute Gasteiger partial charge is 0.131 e. The van der Waals surface area contributed by atoms with Gasteiger partial charge in [-0.3, -0.25) is 0 Å². The van der Waals surface area contributed by atoms with E-state index in [1.807, 2.05) is 24.9 Å². The lowest BCUT2D eigenvalue weighted by molar-refractivity contribution is -0.0573. The Kier molecular flexibility index (Phi) is 4.39. The minimum Gasteiger partial charge on any atom is -0.392 e. The molecular formula is C14H22N2O3. The van der Waals surface area contributed by atoms with Crippen LogP contribution < -0.4 is 4.90 Å². The van der Waals surface area contributed by atoms with Gasteiger partial charge in [-0.15, -0.1) is 0 Å². The van der Waals surface area contributed by atoms with Crippen molar-refractivity contribution < 1.29 is 14.9 Å². The molecule has 0 unspecified atom stereocenters. The zero-order chi connectivity index (χ0) is 13.9. The predicted octanol–water partition coefficient (Wildman–Crippen LogP) is 0.860. The van der Waals surface area contributed by atoms with Crippen molar-refractivity contribution in [2.24, 2.45) is 0 Å². The minimum absolute atomic E-state index is 0.000882. The summed E-state index contributed by atoms with van der Waals surface area (Å²) in [7, 11) is 1.93. The van der Waals surface area contributed by atoms with Crippen LogP contribution in [0.15, 0.2) is 12.3 Å². The molecular weight excluding hydrogens is 244 g/mol. The Morgan fingerprint density at radius 3 is 2.68 bits per heavy atom. The van der Waals surface area contributed by atoms with E-state index in [0.717, 1.165) is 16.9 Å². The molecule has 0 atom stereocenters. The molecule has 5 nitrogen and oxygen atoms in total. The SMILES string of the molecule is Cc1cc(CO)cnc1N(C)CC1(O)CCOCC1. The molecule has 0 aliphatic carbocycles. The fraction of sp³-hybridized carbons (Fsp3) is 0.643. The second-order valence-corrected chi connectivity index (χ2v) is 5.33. The quantitative estimate of drug-likeness (QED) is 0.846. The number of rotatable bonds is 4. The molecule has 1 aliphatic rings. The average Bonchev–Trinajstić information content (AvgIpc) is 2.38. The summed E-state index contributed by atoms with van der Waals surface area (Å²) in [5, 5.41) is 19.6. The van der Waals surface area contributed by atoms with Crippen molar-refractivity contribution in [3.63, 3.8) is 0 Å². The van der Waals surface area contributed by atoms with Gasteiger partial charge in [0, 0.05) is 45.8 Å². The van der Waals surface area contributed by atoms with E-state index >= 15 is 0 Å². The number of nitrogens with zero attached hydrogens (tertiary/aromatic N) is 2. The van der Waals surface area contributed by atoms with E-state index in [1.54, 1.807) is 6.20 Å². The molecule has 1 fully saturated rings. The molecule has 0 saturated carbocycles. The summed E-state index contributed by atoms with van der Waals surface area (Å²) in [6, 6.07) is 1.92. The fourth-order valence-corrected chi connectivity index (χ4v) is 2.54. The zero-order valence-electron chi connectivity index (χ0n) is 11.6. The Labute approximate surface area is 113 Å². The van der Waals surface area contributed by atoms with Crippen molar-refractivity contribution in [3.8, 4) is 0 Å². The van der Waals surface area contributed by atoms with Gasteiger partial charge in [0.15, 0.2) is 0 Å². The molecule has 1 saturated heterocycles. The van der Waals surface area contributed by atoms with Gasteiger partial charge in [-0.1, -0.05) is 0 Å². The van der Waals surface area contributed by atoms with Crippen molar-refractivity contribution in [1.82, 2.24) is 4.98 Å². The van der Waals surface area contributed by atoms with E-state index in [9.17, 15) is 5.11 Å². The van der Waals surface area contributed by atoms with Crippen LogP contribution in [-0.4, -0.2) is 47.6 Å². The molecule has 106 valence electrons. The van der Waals surface area contributed by atoms with Crippen LogP contribution in [0.25, 0.3) is 0 Å². The first kappa shape index (κ1) is 14.2.